The highest BCUT2D eigenvalue weighted by atomic mass is 35.5. The standard InChI is InChI=1S/C38H31ClN4O4/c1-23-29(37(44)40-32-13-7-11-26-10-5-6-12-30(26)32)19-21-33-35(23)41-42-43(33)34-22-28(18-20-31(34)39)47-36(38(45)46)27-16-14-25(15-17-27)24-8-3-2-4-9-24/h2-6,8-10,12,14-22,32,36H,7,11,13H2,1H3,(H,40,44)(H,45,46). The quantitative estimate of drug-likeness (QED) is 0.174. The molecule has 5 aromatic carbocycles. The second kappa shape index (κ2) is 12.7. The van der Waals surface area contributed by atoms with E-state index in [-0.39, 0.29) is 11.9 Å². The van der Waals surface area contributed by atoms with E-state index in [9.17, 15) is 14.7 Å². The summed E-state index contributed by atoms with van der Waals surface area (Å²) in [6, 6.07) is 33.8. The predicted octanol–water partition coefficient (Wildman–Crippen LogP) is 8.06. The second-order valence-corrected chi connectivity index (χ2v) is 12.1. The average molecular weight is 643 g/mol. The van der Waals surface area contributed by atoms with Gasteiger partial charge in [-0.05, 0) is 78.3 Å². The predicted molar refractivity (Wildman–Crippen MR) is 181 cm³/mol. The fourth-order valence-corrected chi connectivity index (χ4v) is 6.49. The number of carboxylic acids is 1. The van der Waals surface area contributed by atoms with E-state index in [0.29, 0.717) is 44.2 Å². The summed E-state index contributed by atoms with van der Waals surface area (Å²) in [7, 11) is 0. The number of nitrogens with one attached hydrogen (secondary N) is 1. The van der Waals surface area contributed by atoms with Gasteiger partial charge in [-0.3, -0.25) is 4.79 Å². The van der Waals surface area contributed by atoms with Crippen molar-refractivity contribution in [2.24, 2.45) is 0 Å². The van der Waals surface area contributed by atoms with Gasteiger partial charge in [-0.1, -0.05) is 95.7 Å². The molecule has 1 aromatic heterocycles. The molecular weight excluding hydrogens is 612 g/mol. The molecule has 0 bridgehead atoms. The minimum Gasteiger partial charge on any atom is -0.478 e. The third kappa shape index (κ3) is 5.95. The van der Waals surface area contributed by atoms with Gasteiger partial charge in [-0.2, -0.15) is 0 Å². The maximum Gasteiger partial charge on any atom is 0.349 e. The first-order valence-electron chi connectivity index (χ1n) is 15.5. The summed E-state index contributed by atoms with van der Waals surface area (Å²) in [5.41, 5.74) is 7.85. The Balaban J connectivity index is 1.14. The molecule has 6 aromatic rings. The van der Waals surface area contributed by atoms with E-state index >= 15 is 0 Å². The van der Waals surface area contributed by atoms with Crippen molar-refractivity contribution >= 4 is 34.5 Å². The van der Waals surface area contributed by atoms with Gasteiger partial charge in [0.1, 0.15) is 11.3 Å². The molecular formula is C38H31ClN4O4. The number of ether oxygens (including phenoxy) is 1. The van der Waals surface area contributed by atoms with Crippen LogP contribution in [0.4, 0.5) is 0 Å². The number of benzene rings is 5. The molecule has 7 rings (SSSR count). The Morgan fingerprint density at radius 3 is 2.47 bits per heavy atom. The minimum atomic E-state index is -1.25. The fourth-order valence-electron chi connectivity index (χ4n) is 6.29. The van der Waals surface area contributed by atoms with Gasteiger partial charge < -0.3 is 15.2 Å². The molecule has 2 unspecified atom stereocenters. The molecule has 47 heavy (non-hydrogen) atoms. The highest BCUT2D eigenvalue weighted by molar-refractivity contribution is 6.32. The number of aromatic nitrogens is 3. The van der Waals surface area contributed by atoms with E-state index in [2.05, 4.69) is 27.8 Å². The smallest absolute Gasteiger partial charge is 0.349 e. The molecule has 0 saturated carbocycles. The monoisotopic (exact) mass is 642 g/mol. The van der Waals surface area contributed by atoms with Crippen molar-refractivity contribution < 1.29 is 19.4 Å². The summed E-state index contributed by atoms with van der Waals surface area (Å²) in [6.07, 6.45) is 1.68. The number of carbonyl (C=O) groups excluding carboxylic acids is 1. The van der Waals surface area contributed by atoms with E-state index in [1.54, 1.807) is 47.1 Å². The van der Waals surface area contributed by atoms with Crippen molar-refractivity contribution in [3.05, 3.63) is 142 Å². The summed E-state index contributed by atoms with van der Waals surface area (Å²) in [4.78, 5) is 25.8. The molecule has 0 fully saturated rings. The molecule has 2 atom stereocenters. The molecule has 8 nitrogen and oxygen atoms in total. The van der Waals surface area contributed by atoms with Crippen LogP contribution in [0.2, 0.25) is 5.02 Å². The molecule has 0 radical (unpaired) electrons. The summed E-state index contributed by atoms with van der Waals surface area (Å²) in [5, 5.41) is 22.4. The molecule has 0 aliphatic heterocycles. The van der Waals surface area contributed by atoms with Gasteiger partial charge in [-0.15, -0.1) is 5.10 Å². The van der Waals surface area contributed by atoms with Crippen LogP contribution >= 0.6 is 11.6 Å². The van der Waals surface area contributed by atoms with Crippen LogP contribution in [0.3, 0.4) is 0 Å². The first kappa shape index (κ1) is 30.2. The van der Waals surface area contributed by atoms with E-state index in [0.717, 1.165) is 30.4 Å². The number of aliphatic carboxylic acids is 1. The number of halogens is 1. The van der Waals surface area contributed by atoms with Crippen molar-refractivity contribution in [2.45, 2.75) is 38.3 Å². The first-order chi connectivity index (χ1) is 22.9. The summed E-state index contributed by atoms with van der Waals surface area (Å²) < 4.78 is 7.58. The molecule has 1 heterocycles. The number of nitrogens with zero attached hydrogens (tertiary/aromatic N) is 3. The zero-order valence-electron chi connectivity index (χ0n) is 25.6. The van der Waals surface area contributed by atoms with E-state index in [4.69, 9.17) is 16.3 Å². The fraction of sp³-hybridized carbons (Fsp3) is 0.158. The molecule has 9 heteroatoms. The molecule has 0 saturated heterocycles. The molecule has 2 N–H and O–H groups in total. The van der Waals surface area contributed by atoms with Crippen LogP contribution in [-0.4, -0.2) is 32.0 Å². The first-order valence-corrected chi connectivity index (χ1v) is 15.8. The SMILES string of the molecule is Cc1c(C(=O)NC2CCCc3ccccc32)ccc2c1nnn2-c1cc(OC(C(=O)O)c2ccc(-c3ccccc3)cc2)ccc1Cl. The Hall–Kier alpha value is -5.47. The second-order valence-electron chi connectivity index (χ2n) is 11.7. The van der Waals surface area contributed by atoms with Crippen molar-refractivity contribution in [3.8, 4) is 22.6 Å². The van der Waals surface area contributed by atoms with Gasteiger partial charge in [0.15, 0.2) is 0 Å². The number of fused-ring (bicyclic) bond motifs is 2. The Bertz CT molecular complexity index is 2110. The van der Waals surface area contributed by atoms with E-state index in [1.807, 2.05) is 61.5 Å². The van der Waals surface area contributed by atoms with Crippen LogP contribution in [0, 0.1) is 6.92 Å². The van der Waals surface area contributed by atoms with Gasteiger partial charge in [0.25, 0.3) is 5.91 Å². The van der Waals surface area contributed by atoms with Gasteiger partial charge in [0.2, 0.25) is 6.10 Å². The highest BCUT2D eigenvalue weighted by Crippen LogP contribution is 2.33. The van der Waals surface area contributed by atoms with Crippen molar-refractivity contribution in [1.82, 2.24) is 20.3 Å². The topological polar surface area (TPSA) is 106 Å². The Morgan fingerprint density at radius 1 is 0.936 bits per heavy atom. The molecule has 1 aliphatic rings. The normalized spacial score (nSPS) is 14.7. The third-order valence-electron chi connectivity index (χ3n) is 8.74. The lowest BCUT2D eigenvalue weighted by Crippen LogP contribution is -2.31. The lowest BCUT2D eigenvalue weighted by molar-refractivity contribution is -0.145. The van der Waals surface area contributed by atoms with Crippen LogP contribution in [0.15, 0.2) is 109 Å². The van der Waals surface area contributed by atoms with Crippen molar-refractivity contribution in [1.29, 1.82) is 0 Å². The van der Waals surface area contributed by atoms with Crippen LogP contribution in [0.1, 0.15) is 57.6 Å². The number of carboxylic acid groups (broad SMARTS) is 1. The maximum atomic E-state index is 13.5. The highest BCUT2D eigenvalue weighted by Gasteiger charge is 2.25. The van der Waals surface area contributed by atoms with Gasteiger partial charge >= 0.3 is 5.97 Å². The zero-order chi connectivity index (χ0) is 32.5. The van der Waals surface area contributed by atoms with E-state index < -0.39 is 12.1 Å². The zero-order valence-corrected chi connectivity index (χ0v) is 26.3. The van der Waals surface area contributed by atoms with Gasteiger partial charge in [-0.25, -0.2) is 9.48 Å². The summed E-state index contributed by atoms with van der Waals surface area (Å²) in [5.74, 6) is -0.989. The third-order valence-corrected chi connectivity index (χ3v) is 9.06. The van der Waals surface area contributed by atoms with Crippen molar-refractivity contribution in [2.75, 3.05) is 0 Å². The number of amides is 1. The summed E-state index contributed by atoms with van der Waals surface area (Å²) in [6.45, 7) is 1.85. The molecule has 1 aliphatic carbocycles. The number of rotatable bonds is 8. The average Bonchev–Trinajstić information content (AvgIpc) is 3.53. The number of hydrogen-bond acceptors (Lipinski definition) is 5. The van der Waals surface area contributed by atoms with Crippen LogP contribution < -0.4 is 10.1 Å². The maximum absolute atomic E-state index is 13.5. The summed E-state index contributed by atoms with van der Waals surface area (Å²) >= 11 is 6.63. The number of hydrogen-bond donors (Lipinski definition) is 2. The Kier molecular flexibility index (Phi) is 8.18. The van der Waals surface area contributed by atoms with Gasteiger partial charge in [0, 0.05) is 17.2 Å². The molecule has 1 amide bonds. The number of carbonyl (C=O) groups is 2. The van der Waals surface area contributed by atoms with Gasteiger partial charge in [0.05, 0.1) is 22.3 Å². The van der Waals surface area contributed by atoms with Crippen LogP contribution in [0.5, 0.6) is 5.75 Å². The lowest BCUT2D eigenvalue weighted by atomic mass is 9.87. The molecule has 0 spiro atoms. The Morgan fingerprint density at radius 2 is 1.68 bits per heavy atom. The van der Waals surface area contributed by atoms with Crippen LogP contribution in [-0.2, 0) is 11.2 Å². The molecule has 234 valence electrons. The van der Waals surface area contributed by atoms with Crippen LogP contribution in [0.25, 0.3) is 27.8 Å². The largest absolute Gasteiger partial charge is 0.478 e. The number of aryl methyl sites for hydroxylation is 2. The minimum absolute atomic E-state index is 0.0452. The van der Waals surface area contributed by atoms with E-state index in [1.165, 1.54) is 11.1 Å². The van der Waals surface area contributed by atoms with Crippen molar-refractivity contribution in [3.63, 3.8) is 0 Å². The lowest BCUT2D eigenvalue weighted by Gasteiger charge is -2.26. The Labute approximate surface area is 276 Å².